The summed E-state index contributed by atoms with van der Waals surface area (Å²) < 4.78 is 0. The van der Waals surface area contributed by atoms with Crippen LogP contribution in [-0.4, -0.2) is 41.8 Å². The van der Waals surface area contributed by atoms with Crippen molar-refractivity contribution in [1.29, 1.82) is 0 Å². The summed E-state index contributed by atoms with van der Waals surface area (Å²) in [7, 11) is 2.11. The maximum absolute atomic E-state index is 10.3. The van der Waals surface area contributed by atoms with E-state index in [1.165, 1.54) is 0 Å². The quantitative estimate of drug-likeness (QED) is 0.657. The highest BCUT2D eigenvalue weighted by molar-refractivity contribution is 4.93. The van der Waals surface area contributed by atoms with Crippen molar-refractivity contribution in [3.63, 3.8) is 0 Å². The van der Waals surface area contributed by atoms with Crippen LogP contribution in [0.3, 0.4) is 0 Å². The van der Waals surface area contributed by atoms with E-state index in [2.05, 4.69) is 25.8 Å². The van der Waals surface area contributed by atoms with E-state index >= 15 is 0 Å². The van der Waals surface area contributed by atoms with Gasteiger partial charge in [-0.15, -0.1) is 0 Å². The lowest BCUT2D eigenvalue weighted by Crippen LogP contribution is -2.54. The van der Waals surface area contributed by atoms with Crippen molar-refractivity contribution >= 4 is 0 Å². The molecule has 1 aliphatic rings. The molecule has 3 nitrogen and oxygen atoms in total. The fraction of sp³-hybridized carbons (Fsp3) is 1.00. The number of nitrogens with zero attached hydrogens (tertiary/aromatic N) is 1. The summed E-state index contributed by atoms with van der Waals surface area (Å²) >= 11 is 0. The molecule has 1 rings (SSSR count). The van der Waals surface area contributed by atoms with E-state index in [-0.39, 0.29) is 0 Å². The second-order valence-electron chi connectivity index (χ2n) is 4.54. The molecule has 13 heavy (non-hydrogen) atoms. The van der Waals surface area contributed by atoms with Gasteiger partial charge in [0.05, 0.1) is 5.60 Å². The van der Waals surface area contributed by atoms with Crippen molar-refractivity contribution < 1.29 is 5.11 Å². The van der Waals surface area contributed by atoms with Gasteiger partial charge in [-0.1, -0.05) is 6.92 Å². The molecule has 0 aliphatic carbocycles. The van der Waals surface area contributed by atoms with Crippen LogP contribution in [0.4, 0.5) is 0 Å². The Kier molecular flexibility index (Phi) is 3.33. The Labute approximate surface area is 80.9 Å². The van der Waals surface area contributed by atoms with Crippen molar-refractivity contribution in [2.75, 3.05) is 20.1 Å². The van der Waals surface area contributed by atoms with Crippen molar-refractivity contribution in [2.45, 2.75) is 38.3 Å². The monoisotopic (exact) mass is 186 g/mol. The third-order valence-electron chi connectivity index (χ3n) is 3.46. The largest absolute Gasteiger partial charge is 0.389 e. The average Bonchev–Trinajstić information content (AvgIpc) is 2.02. The third kappa shape index (κ3) is 2.22. The molecule has 0 unspecified atom stereocenters. The highest BCUT2D eigenvalue weighted by Gasteiger charge is 2.39. The fourth-order valence-electron chi connectivity index (χ4n) is 2.25. The van der Waals surface area contributed by atoms with Crippen molar-refractivity contribution in [1.82, 2.24) is 4.90 Å². The summed E-state index contributed by atoms with van der Waals surface area (Å²) in [6, 6.07) is 0.466. The standard InChI is InChI=1S/C10H22N2O/c1-8-7-12(3)9(2)6-10(8,13)4-5-11/h8-9,13H,4-7,11H2,1-3H3/t8-,9-,10+/m1/s1. The number of piperidine rings is 1. The highest BCUT2D eigenvalue weighted by atomic mass is 16.3. The van der Waals surface area contributed by atoms with Crippen molar-refractivity contribution in [2.24, 2.45) is 11.7 Å². The van der Waals surface area contributed by atoms with E-state index in [9.17, 15) is 5.11 Å². The summed E-state index contributed by atoms with van der Waals surface area (Å²) in [6.45, 7) is 5.82. The Balaban J connectivity index is 2.64. The van der Waals surface area contributed by atoms with Crippen LogP contribution in [0.2, 0.25) is 0 Å². The summed E-state index contributed by atoms with van der Waals surface area (Å²) in [6.07, 6.45) is 1.58. The first-order valence-corrected chi connectivity index (χ1v) is 5.12. The third-order valence-corrected chi connectivity index (χ3v) is 3.46. The highest BCUT2D eigenvalue weighted by Crippen LogP contribution is 2.32. The SMILES string of the molecule is C[C@@H]1C[C@@](O)(CCN)[C@H](C)CN1C. The lowest BCUT2D eigenvalue weighted by molar-refractivity contribution is -0.0819. The summed E-state index contributed by atoms with van der Waals surface area (Å²) in [5, 5.41) is 10.3. The van der Waals surface area contributed by atoms with E-state index in [1.54, 1.807) is 0 Å². The molecule has 78 valence electrons. The average molecular weight is 186 g/mol. The number of nitrogens with two attached hydrogens (primary N) is 1. The van der Waals surface area contributed by atoms with Crippen LogP contribution in [0.1, 0.15) is 26.7 Å². The molecular weight excluding hydrogens is 164 g/mol. The van der Waals surface area contributed by atoms with E-state index in [4.69, 9.17) is 5.73 Å². The van der Waals surface area contributed by atoms with Gasteiger partial charge in [0, 0.05) is 12.6 Å². The van der Waals surface area contributed by atoms with Gasteiger partial charge in [-0.2, -0.15) is 0 Å². The van der Waals surface area contributed by atoms with Crippen LogP contribution < -0.4 is 5.73 Å². The van der Waals surface area contributed by atoms with E-state index < -0.39 is 5.60 Å². The molecule has 0 spiro atoms. The summed E-state index contributed by atoms with van der Waals surface area (Å²) in [5.74, 6) is 0.331. The van der Waals surface area contributed by atoms with Crippen LogP contribution in [0.15, 0.2) is 0 Å². The maximum atomic E-state index is 10.3. The van der Waals surface area contributed by atoms with Gasteiger partial charge in [-0.25, -0.2) is 0 Å². The number of hydrogen-bond acceptors (Lipinski definition) is 3. The first-order valence-electron chi connectivity index (χ1n) is 5.12. The van der Waals surface area contributed by atoms with E-state index in [0.29, 0.717) is 18.5 Å². The Morgan fingerprint density at radius 3 is 2.69 bits per heavy atom. The molecule has 0 aromatic carbocycles. The summed E-state index contributed by atoms with van der Waals surface area (Å²) in [4.78, 5) is 2.30. The van der Waals surface area contributed by atoms with Crippen LogP contribution in [0, 0.1) is 5.92 Å². The predicted molar refractivity (Wildman–Crippen MR) is 54.5 cm³/mol. The van der Waals surface area contributed by atoms with Gasteiger partial charge >= 0.3 is 0 Å². The minimum absolute atomic E-state index is 0.331. The van der Waals surface area contributed by atoms with Crippen LogP contribution in [0.5, 0.6) is 0 Å². The van der Waals surface area contributed by atoms with Gasteiger partial charge in [0.1, 0.15) is 0 Å². The normalized spacial score (nSPS) is 42.2. The maximum Gasteiger partial charge on any atom is 0.0712 e. The lowest BCUT2D eigenvalue weighted by atomic mass is 9.77. The lowest BCUT2D eigenvalue weighted by Gasteiger charge is -2.45. The van der Waals surface area contributed by atoms with Gasteiger partial charge in [0.15, 0.2) is 0 Å². The first kappa shape index (κ1) is 11.0. The Morgan fingerprint density at radius 1 is 1.54 bits per heavy atom. The number of aliphatic hydroxyl groups is 1. The molecule has 1 heterocycles. The molecular formula is C10H22N2O. The van der Waals surface area contributed by atoms with E-state index in [1.807, 2.05) is 0 Å². The van der Waals surface area contributed by atoms with Crippen LogP contribution in [-0.2, 0) is 0 Å². The number of hydrogen-bond donors (Lipinski definition) is 2. The molecule has 3 heteroatoms. The van der Waals surface area contributed by atoms with E-state index in [0.717, 1.165) is 19.4 Å². The molecule has 1 fully saturated rings. The predicted octanol–water partition coefficient (Wildman–Crippen LogP) is 0.426. The van der Waals surface area contributed by atoms with Gasteiger partial charge < -0.3 is 15.7 Å². The Bertz CT molecular complexity index is 174. The molecule has 0 aromatic rings. The number of rotatable bonds is 2. The zero-order valence-electron chi connectivity index (χ0n) is 8.95. The molecule has 0 bridgehead atoms. The van der Waals surface area contributed by atoms with Crippen LogP contribution >= 0.6 is 0 Å². The van der Waals surface area contributed by atoms with Gasteiger partial charge in [-0.05, 0) is 39.3 Å². The molecule has 0 amide bonds. The summed E-state index contributed by atoms with van der Waals surface area (Å²) in [5.41, 5.74) is 4.99. The topological polar surface area (TPSA) is 49.5 Å². The first-order chi connectivity index (χ1) is 5.99. The zero-order chi connectivity index (χ0) is 10.1. The molecule has 1 aliphatic heterocycles. The minimum Gasteiger partial charge on any atom is -0.389 e. The van der Waals surface area contributed by atoms with Crippen molar-refractivity contribution in [3.8, 4) is 0 Å². The second kappa shape index (κ2) is 3.95. The minimum atomic E-state index is -0.527. The van der Waals surface area contributed by atoms with Gasteiger partial charge in [0.25, 0.3) is 0 Å². The van der Waals surface area contributed by atoms with Crippen molar-refractivity contribution in [3.05, 3.63) is 0 Å². The van der Waals surface area contributed by atoms with Gasteiger partial charge in [-0.3, -0.25) is 0 Å². The smallest absolute Gasteiger partial charge is 0.0712 e. The molecule has 3 N–H and O–H groups in total. The zero-order valence-corrected chi connectivity index (χ0v) is 8.95. The second-order valence-corrected chi connectivity index (χ2v) is 4.54. The molecule has 1 saturated heterocycles. The van der Waals surface area contributed by atoms with Gasteiger partial charge in [0.2, 0.25) is 0 Å². The molecule has 0 radical (unpaired) electrons. The molecule has 0 aromatic heterocycles. The number of likely N-dealkylation sites (tertiary alicyclic amines) is 1. The Hall–Kier alpha value is -0.120. The fourth-order valence-corrected chi connectivity index (χ4v) is 2.25. The molecule has 0 saturated carbocycles. The Morgan fingerprint density at radius 2 is 2.15 bits per heavy atom. The molecule has 3 atom stereocenters. The van der Waals surface area contributed by atoms with Crippen LogP contribution in [0.25, 0.3) is 0 Å².